The van der Waals surface area contributed by atoms with Crippen LogP contribution < -0.4 is 10.1 Å². The second kappa shape index (κ2) is 7.37. The standard InChI is InChI=1S/C22H23N3O2/c1-15-13-19(24-18-9-5-3-7-16(15)18)22(26)25-12-11-23-14-20(25)17-8-4-6-10-21(17)27-2/h3-10,13,20,23H,11-12,14H2,1-2H3. The number of aryl methyl sites for hydroxylation is 1. The summed E-state index contributed by atoms with van der Waals surface area (Å²) in [5.74, 6) is 0.757. The average molecular weight is 361 g/mol. The number of pyridine rings is 1. The zero-order chi connectivity index (χ0) is 18.8. The molecule has 0 spiro atoms. The minimum Gasteiger partial charge on any atom is -0.496 e. The molecule has 4 rings (SSSR count). The van der Waals surface area contributed by atoms with Crippen molar-refractivity contribution < 1.29 is 9.53 Å². The van der Waals surface area contributed by atoms with Gasteiger partial charge in [-0.15, -0.1) is 0 Å². The maximum Gasteiger partial charge on any atom is 0.273 e. The van der Waals surface area contributed by atoms with Crippen LogP contribution in [0.3, 0.4) is 0 Å². The van der Waals surface area contributed by atoms with Crippen LogP contribution in [0.4, 0.5) is 0 Å². The highest BCUT2D eigenvalue weighted by Gasteiger charge is 2.31. The maximum absolute atomic E-state index is 13.4. The third-order valence-electron chi connectivity index (χ3n) is 5.14. The lowest BCUT2D eigenvalue weighted by atomic mass is 10.0. The molecule has 3 aromatic rings. The van der Waals surface area contributed by atoms with E-state index >= 15 is 0 Å². The summed E-state index contributed by atoms with van der Waals surface area (Å²) >= 11 is 0. The van der Waals surface area contributed by atoms with Crippen molar-refractivity contribution in [3.8, 4) is 5.75 Å². The number of carbonyl (C=O) groups is 1. The van der Waals surface area contributed by atoms with Gasteiger partial charge in [0.15, 0.2) is 0 Å². The summed E-state index contributed by atoms with van der Waals surface area (Å²) in [5, 5.41) is 4.47. The number of hydrogen-bond acceptors (Lipinski definition) is 4. The molecule has 0 bridgehead atoms. The zero-order valence-electron chi connectivity index (χ0n) is 15.6. The monoisotopic (exact) mass is 361 g/mol. The first-order valence-corrected chi connectivity index (χ1v) is 9.20. The van der Waals surface area contributed by atoms with E-state index in [2.05, 4.69) is 10.3 Å². The molecule has 1 aliphatic rings. The van der Waals surface area contributed by atoms with Gasteiger partial charge in [-0.2, -0.15) is 0 Å². The van der Waals surface area contributed by atoms with Gasteiger partial charge in [-0.05, 0) is 30.7 Å². The zero-order valence-corrected chi connectivity index (χ0v) is 15.6. The summed E-state index contributed by atoms with van der Waals surface area (Å²) in [6.45, 7) is 4.12. The Labute approximate surface area is 159 Å². The van der Waals surface area contributed by atoms with Crippen LogP contribution >= 0.6 is 0 Å². The molecule has 0 aliphatic carbocycles. The van der Waals surface area contributed by atoms with Crippen molar-refractivity contribution in [2.24, 2.45) is 0 Å². The van der Waals surface area contributed by atoms with Gasteiger partial charge in [0.1, 0.15) is 11.4 Å². The van der Waals surface area contributed by atoms with Crippen LogP contribution in [0.1, 0.15) is 27.7 Å². The third-order valence-corrected chi connectivity index (χ3v) is 5.14. The van der Waals surface area contributed by atoms with E-state index in [4.69, 9.17) is 4.74 Å². The lowest BCUT2D eigenvalue weighted by Gasteiger charge is -2.37. The van der Waals surface area contributed by atoms with E-state index in [9.17, 15) is 4.79 Å². The molecule has 1 unspecified atom stereocenters. The van der Waals surface area contributed by atoms with Crippen molar-refractivity contribution in [2.45, 2.75) is 13.0 Å². The van der Waals surface area contributed by atoms with Crippen molar-refractivity contribution in [3.05, 3.63) is 71.4 Å². The molecule has 1 saturated heterocycles. The molecule has 1 N–H and O–H groups in total. The van der Waals surface area contributed by atoms with Gasteiger partial charge in [0.2, 0.25) is 0 Å². The SMILES string of the molecule is COc1ccccc1C1CNCCN1C(=O)c1cc(C)c2ccccc2n1. The number of amides is 1. The van der Waals surface area contributed by atoms with Gasteiger partial charge in [-0.25, -0.2) is 4.98 Å². The fraction of sp³-hybridized carbons (Fsp3) is 0.273. The lowest BCUT2D eigenvalue weighted by molar-refractivity contribution is 0.0626. The lowest BCUT2D eigenvalue weighted by Crippen LogP contribution is -2.49. The highest BCUT2D eigenvalue weighted by Crippen LogP contribution is 2.31. The molecule has 0 radical (unpaired) electrons. The Morgan fingerprint density at radius 1 is 1.19 bits per heavy atom. The van der Waals surface area contributed by atoms with E-state index in [-0.39, 0.29) is 11.9 Å². The number of carbonyl (C=O) groups excluding carboxylic acids is 1. The second-order valence-electron chi connectivity index (χ2n) is 6.80. The number of para-hydroxylation sites is 2. The van der Waals surface area contributed by atoms with Crippen molar-refractivity contribution in [3.63, 3.8) is 0 Å². The smallest absolute Gasteiger partial charge is 0.273 e. The second-order valence-corrected chi connectivity index (χ2v) is 6.80. The van der Waals surface area contributed by atoms with Crippen LogP contribution in [0.2, 0.25) is 0 Å². The largest absolute Gasteiger partial charge is 0.496 e. The Balaban J connectivity index is 1.73. The molecule has 5 nitrogen and oxygen atoms in total. The average Bonchev–Trinajstić information content (AvgIpc) is 2.73. The summed E-state index contributed by atoms with van der Waals surface area (Å²) in [7, 11) is 1.66. The highest BCUT2D eigenvalue weighted by atomic mass is 16.5. The molecule has 1 aliphatic heterocycles. The molecule has 1 aromatic heterocycles. The van der Waals surface area contributed by atoms with E-state index in [0.717, 1.165) is 34.3 Å². The predicted octanol–water partition coefficient (Wildman–Crippen LogP) is 3.34. The number of benzene rings is 2. The Morgan fingerprint density at radius 2 is 1.96 bits per heavy atom. The van der Waals surface area contributed by atoms with Gasteiger partial charge in [-0.3, -0.25) is 4.79 Å². The van der Waals surface area contributed by atoms with E-state index in [1.54, 1.807) is 7.11 Å². The Bertz CT molecular complexity index is 986. The van der Waals surface area contributed by atoms with Crippen molar-refractivity contribution in [1.82, 2.24) is 15.2 Å². The molecule has 1 fully saturated rings. The van der Waals surface area contributed by atoms with E-state index in [0.29, 0.717) is 18.8 Å². The fourth-order valence-electron chi connectivity index (χ4n) is 3.77. The minimum atomic E-state index is -0.0871. The number of aromatic nitrogens is 1. The number of hydrogen-bond donors (Lipinski definition) is 1. The summed E-state index contributed by atoms with van der Waals surface area (Å²) in [5.41, 5.74) is 3.42. The molecule has 2 aromatic carbocycles. The Morgan fingerprint density at radius 3 is 2.81 bits per heavy atom. The fourth-order valence-corrected chi connectivity index (χ4v) is 3.77. The Hall–Kier alpha value is -2.92. The molecule has 0 saturated carbocycles. The molecular formula is C22H23N3O2. The van der Waals surface area contributed by atoms with Crippen LogP contribution in [0.15, 0.2) is 54.6 Å². The van der Waals surface area contributed by atoms with Crippen LogP contribution in [-0.4, -0.2) is 42.5 Å². The number of nitrogens with zero attached hydrogens (tertiary/aromatic N) is 2. The number of nitrogens with one attached hydrogen (secondary N) is 1. The van der Waals surface area contributed by atoms with Crippen molar-refractivity contribution >= 4 is 16.8 Å². The van der Waals surface area contributed by atoms with Crippen molar-refractivity contribution in [2.75, 3.05) is 26.7 Å². The first-order chi connectivity index (χ1) is 13.2. The molecule has 5 heteroatoms. The predicted molar refractivity (Wildman–Crippen MR) is 106 cm³/mol. The third kappa shape index (κ3) is 3.26. The minimum absolute atomic E-state index is 0.0405. The summed E-state index contributed by atoms with van der Waals surface area (Å²) in [4.78, 5) is 19.9. The van der Waals surface area contributed by atoms with E-state index in [1.807, 2.05) is 66.4 Å². The summed E-state index contributed by atoms with van der Waals surface area (Å²) < 4.78 is 5.53. The Kier molecular flexibility index (Phi) is 4.77. The van der Waals surface area contributed by atoms with Gasteiger partial charge in [-0.1, -0.05) is 36.4 Å². The highest BCUT2D eigenvalue weighted by molar-refractivity contribution is 5.96. The molecule has 2 heterocycles. The van der Waals surface area contributed by atoms with Gasteiger partial charge < -0.3 is 15.0 Å². The maximum atomic E-state index is 13.4. The molecule has 138 valence electrons. The molecule has 27 heavy (non-hydrogen) atoms. The van der Waals surface area contributed by atoms with Crippen molar-refractivity contribution in [1.29, 1.82) is 0 Å². The van der Waals surface area contributed by atoms with E-state index in [1.165, 1.54) is 0 Å². The molecular weight excluding hydrogens is 338 g/mol. The van der Waals surface area contributed by atoms with Crippen LogP contribution in [0.5, 0.6) is 5.75 Å². The van der Waals surface area contributed by atoms with Crippen LogP contribution in [0, 0.1) is 6.92 Å². The first-order valence-electron chi connectivity index (χ1n) is 9.20. The van der Waals surface area contributed by atoms with Gasteiger partial charge in [0.25, 0.3) is 5.91 Å². The number of piperazine rings is 1. The topological polar surface area (TPSA) is 54.5 Å². The van der Waals surface area contributed by atoms with Crippen LogP contribution in [-0.2, 0) is 0 Å². The van der Waals surface area contributed by atoms with Gasteiger partial charge in [0, 0.05) is 30.6 Å². The number of methoxy groups -OCH3 is 1. The van der Waals surface area contributed by atoms with E-state index < -0.39 is 0 Å². The van der Waals surface area contributed by atoms with Gasteiger partial charge in [0.05, 0.1) is 18.7 Å². The quantitative estimate of drug-likeness (QED) is 0.777. The first kappa shape index (κ1) is 17.5. The summed E-state index contributed by atoms with van der Waals surface area (Å²) in [6, 6.07) is 17.6. The van der Waals surface area contributed by atoms with Crippen LogP contribution in [0.25, 0.3) is 10.9 Å². The molecule has 1 amide bonds. The number of ether oxygens (including phenoxy) is 1. The van der Waals surface area contributed by atoms with Gasteiger partial charge >= 0.3 is 0 Å². The number of rotatable bonds is 3. The normalized spacial score (nSPS) is 17.1. The number of fused-ring (bicyclic) bond motifs is 1. The molecule has 1 atom stereocenters. The summed E-state index contributed by atoms with van der Waals surface area (Å²) in [6.07, 6.45) is 0.